The molecule has 29 heavy (non-hydrogen) atoms. The summed E-state index contributed by atoms with van der Waals surface area (Å²) in [7, 11) is 1.63. The smallest absolute Gasteiger partial charge is 0.231 e. The van der Waals surface area contributed by atoms with Crippen LogP contribution in [-0.4, -0.2) is 24.7 Å². The summed E-state index contributed by atoms with van der Waals surface area (Å²) in [6.45, 7) is 0.160. The van der Waals surface area contributed by atoms with Gasteiger partial charge in [0.15, 0.2) is 11.5 Å². The van der Waals surface area contributed by atoms with Crippen molar-refractivity contribution in [1.29, 1.82) is 0 Å². The second-order valence-electron chi connectivity index (χ2n) is 6.49. The van der Waals surface area contributed by atoms with E-state index < -0.39 is 0 Å². The van der Waals surface area contributed by atoms with Gasteiger partial charge >= 0.3 is 0 Å². The number of rotatable bonds is 4. The van der Waals surface area contributed by atoms with Crippen molar-refractivity contribution in [1.82, 2.24) is 4.98 Å². The average Bonchev–Trinajstić information content (AvgIpc) is 3.36. The zero-order chi connectivity index (χ0) is 20.0. The molecule has 0 radical (unpaired) electrons. The van der Waals surface area contributed by atoms with Gasteiger partial charge in [0, 0.05) is 16.5 Å². The molecule has 144 valence electrons. The lowest BCUT2D eigenvalue weighted by molar-refractivity contribution is 0.104. The van der Waals surface area contributed by atoms with Gasteiger partial charge < -0.3 is 19.9 Å². The number of carbonyl (C=O) groups excluding carboxylic acids is 1. The van der Waals surface area contributed by atoms with Crippen molar-refractivity contribution in [2.75, 3.05) is 19.6 Å². The van der Waals surface area contributed by atoms with Gasteiger partial charge in [0.2, 0.25) is 12.6 Å². The molecule has 7 heteroatoms. The summed E-state index contributed by atoms with van der Waals surface area (Å²) in [5.41, 5.74) is 8.88. The molecule has 0 saturated carbocycles. The minimum Gasteiger partial charge on any atom is -0.496 e. The normalized spacial score (nSPS) is 12.3. The fourth-order valence-corrected chi connectivity index (χ4v) is 4.40. The van der Waals surface area contributed by atoms with E-state index in [1.54, 1.807) is 25.3 Å². The summed E-state index contributed by atoms with van der Waals surface area (Å²) in [6, 6.07) is 16.6. The summed E-state index contributed by atoms with van der Waals surface area (Å²) < 4.78 is 16.1. The Labute approximate surface area is 170 Å². The first-order chi connectivity index (χ1) is 14.2. The number of pyridine rings is 1. The third-order valence-corrected chi connectivity index (χ3v) is 5.93. The Morgan fingerprint density at radius 1 is 1.10 bits per heavy atom. The molecule has 0 fully saturated rings. The van der Waals surface area contributed by atoms with E-state index in [-0.39, 0.29) is 12.6 Å². The largest absolute Gasteiger partial charge is 0.496 e. The number of anilines is 1. The lowest BCUT2D eigenvalue weighted by atomic mass is 10.1. The van der Waals surface area contributed by atoms with E-state index in [0.717, 1.165) is 22.4 Å². The first-order valence-electron chi connectivity index (χ1n) is 8.92. The van der Waals surface area contributed by atoms with Crippen LogP contribution in [0.2, 0.25) is 0 Å². The van der Waals surface area contributed by atoms with Crippen molar-refractivity contribution in [3.05, 3.63) is 65.0 Å². The van der Waals surface area contributed by atoms with Crippen molar-refractivity contribution in [2.45, 2.75) is 0 Å². The number of thiophene rings is 1. The van der Waals surface area contributed by atoms with Crippen molar-refractivity contribution in [3.8, 4) is 28.5 Å². The van der Waals surface area contributed by atoms with Crippen LogP contribution in [0, 0.1) is 0 Å². The third-order valence-electron chi connectivity index (χ3n) is 4.82. The molecule has 0 amide bonds. The van der Waals surface area contributed by atoms with Crippen molar-refractivity contribution in [2.24, 2.45) is 0 Å². The highest BCUT2D eigenvalue weighted by molar-refractivity contribution is 7.21. The molecule has 2 aromatic heterocycles. The van der Waals surface area contributed by atoms with Crippen LogP contribution in [0.25, 0.3) is 21.5 Å². The van der Waals surface area contributed by atoms with Gasteiger partial charge in [0.1, 0.15) is 15.5 Å². The Morgan fingerprint density at radius 2 is 1.93 bits per heavy atom. The molecular formula is C22H16N2O4S. The second-order valence-corrected chi connectivity index (χ2v) is 7.49. The molecule has 2 N–H and O–H groups in total. The molecule has 0 spiro atoms. The first kappa shape index (κ1) is 17.5. The first-order valence-corrected chi connectivity index (χ1v) is 9.74. The number of hydrogen-bond acceptors (Lipinski definition) is 7. The maximum atomic E-state index is 13.1. The SMILES string of the molecule is COc1ccccc1-c1ccc2c(N)c(C(=O)c3ccc4c(c3)OCO4)sc2n1. The number of carbonyl (C=O) groups is 1. The molecule has 1 aliphatic rings. The third kappa shape index (κ3) is 2.87. The van der Waals surface area contributed by atoms with Crippen molar-refractivity contribution in [3.63, 3.8) is 0 Å². The highest BCUT2D eigenvalue weighted by atomic mass is 32.1. The Kier molecular flexibility index (Phi) is 4.10. The van der Waals surface area contributed by atoms with E-state index in [4.69, 9.17) is 24.9 Å². The number of nitrogens with two attached hydrogens (primary N) is 1. The summed E-state index contributed by atoms with van der Waals surface area (Å²) in [4.78, 5) is 19.0. The Hall–Kier alpha value is -3.58. The van der Waals surface area contributed by atoms with Crippen LogP contribution in [0.1, 0.15) is 15.2 Å². The number of ether oxygens (including phenoxy) is 3. The molecule has 0 atom stereocenters. The predicted molar refractivity (Wildman–Crippen MR) is 112 cm³/mol. The Bertz CT molecular complexity index is 1270. The van der Waals surface area contributed by atoms with Gasteiger partial charge in [-0.2, -0.15) is 0 Å². The van der Waals surface area contributed by atoms with Gasteiger partial charge in [-0.1, -0.05) is 12.1 Å². The van der Waals surface area contributed by atoms with Gasteiger partial charge in [-0.3, -0.25) is 4.79 Å². The number of aromatic nitrogens is 1. The van der Waals surface area contributed by atoms with Crippen LogP contribution in [0.4, 0.5) is 5.69 Å². The van der Waals surface area contributed by atoms with Crippen LogP contribution in [-0.2, 0) is 0 Å². The molecule has 0 saturated heterocycles. The van der Waals surface area contributed by atoms with Gasteiger partial charge in [-0.15, -0.1) is 11.3 Å². The minimum absolute atomic E-state index is 0.160. The second kappa shape index (κ2) is 6.79. The van der Waals surface area contributed by atoms with Crippen LogP contribution < -0.4 is 19.9 Å². The van der Waals surface area contributed by atoms with Gasteiger partial charge in [-0.05, 0) is 42.5 Å². The molecule has 0 unspecified atom stereocenters. The minimum atomic E-state index is -0.164. The maximum absolute atomic E-state index is 13.1. The number of fused-ring (bicyclic) bond motifs is 2. The van der Waals surface area contributed by atoms with E-state index in [9.17, 15) is 4.79 Å². The summed E-state index contributed by atoms with van der Waals surface area (Å²) in [5.74, 6) is 1.77. The average molecular weight is 404 g/mol. The number of ketones is 1. The molecule has 1 aliphatic heterocycles. The van der Waals surface area contributed by atoms with E-state index in [2.05, 4.69) is 0 Å². The molecule has 5 rings (SSSR count). The zero-order valence-corrected chi connectivity index (χ0v) is 16.3. The molecular weight excluding hydrogens is 388 g/mol. The van der Waals surface area contributed by atoms with E-state index in [1.807, 2.05) is 36.4 Å². The van der Waals surface area contributed by atoms with Gasteiger partial charge in [-0.25, -0.2) is 4.98 Å². The molecule has 3 heterocycles. The maximum Gasteiger partial charge on any atom is 0.231 e. The number of nitrogen functional groups attached to an aromatic ring is 1. The van der Waals surface area contributed by atoms with Crippen LogP contribution in [0.15, 0.2) is 54.6 Å². The summed E-state index contributed by atoms with van der Waals surface area (Å²) in [6.07, 6.45) is 0. The Morgan fingerprint density at radius 3 is 2.79 bits per heavy atom. The number of nitrogens with zero attached hydrogens (tertiary/aromatic N) is 1. The predicted octanol–water partition coefficient (Wildman–Crippen LogP) is 4.51. The monoisotopic (exact) mass is 404 g/mol. The van der Waals surface area contributed by atoms with Crippen molar-refractivity contribution < 1.29 is 19.0 Å². The van der Waals surface area contributed by atoms with Crippen LogP contribution in [0.3, 0.4) is 0 Å². The highest BCUT2D eigenvalue weighted by Gasteiger charge is 2.22. The standard InChI is InChI=1S/C22H16N2O4S/c1-26-16-5-3-2-4-13(16)15-8-7-14-19(23)21(29-22(14)24-15)20(25)12-6-9-17-18(10-12)28-11-27-17/h2-10H,11,23H2,1H3. The zero-order valence-electron chi connectivity index (χ0n) is 15.5. The van der Waals surface area contributed by atoms with Gasteiger partial charge in [0.05, 0.1) is 18.5 Å². The number of methoxy groups -OCH3 is 1. The molecule has 0 aliphatic carbocycles. The molecule has 4 aromatic rings. The van der Waals surface area contributed by atoms with Crippen LogP contribution in [0.5, 0.6) is 17.2 Å². The summed E-state index contributed by atoms with van der Waals surface area (Å²) in [5, 5.41) is 0.762. The molecule has 6 nitrogen and oxygen atoms in total. The van der Waals surface area contributed by atoms with E-state index >= 15 is 0 Å². The molecule has 0 bridgehead atoms. The fourth-order valence-electron chi connectivity index (χ4n) is 3.34. The number of para-hydroxylation sites is 1. The van der Waals surface area contributed by atoms with Crippen molar-refractivity contribution >= 4 is 33.0 Å². The fraction of sp³-hybridized carbons (Fsp3) is 0.0909. The van der Waals surface area contributed by atoms with Crippen LogP contribution >= 0.6 is 11.3 Å². The number of hydrogen-bond donors (Lipinski definition) is 1. The van der Waals surface area contributed by atoms with E-state index in [1.165, 1.54) is 11.3 Å². The molecule has 2 aromatic carbocycles. The lowest BCUT2D eigenvalue weighted by Gasteiger charge is -2.07. The number of benzene rings is 2. The quantitative estimate of drug-likeness (QED) is 0.504. The van der Waals surface area contributed by atoms with Gasteiger partial charge in [0.25, 0.3) is 0 Å². The highest BCUT2D eigenvalue weighted by Crippen LogP contribution is 2.38. The topological polar surface area (TPSA) is 83.7 Å². The lowest BCUT2D eigenvalue weighted by Crippen LogP contribution is -2.02. The van der Waals surface area contributed by atoms with E-state index in [0.29, 0.717) is 32.5 Å². The summed E-state index contributed by atoms with van der Waals surface area (Å²) >= 11 is 1.28. The Balaban J connectivity index is 1.57.